The molecule has 0 aromatic heterocycles. The molecule has 1 atom stereocenters. The van der Waals surface area contributed by atoms with Crippen LogP contribution in [0.3, 0.4) is 0 Å². The fourth-order valence-electron chi connectivity index (χ4n) is 3.98. The summed E-state index contributed by atoms with van der Waals surface area (Å²) in [5, 5.41) is 3.36. The van der Waals surface area contributed by atoms with Crippen molar-refractivity contribution in [3.8, 4) is 0 Å². The van der Waals surface area contributed by atoms with Crippen molar-refractivity contribution < 1.29 is 22.8 Å². The van der Waals surface area contributed by atoms with Crippen LogP contribution in [0.15, 0.2) is 53.4 Å². The van der Waals surface area contributed by atoms with Crippen LogP contribution < -0.4 is 5.32 Å². The molecule has 1 aliphatic rings. The molecule has 188 valence electrons. The fraction of sp³-hybridized carbons (Fsp3) is 0.400. The van der Waals surface area contributed by atoms with Crippen molar-refractivity contribution in [3.05, 3.63) is 64.7 Å². The standard InChI is InChI=1S/C25H30ClN3O5S/c1-5-20(23(31)27-25(2,3)4)28(16-17-10-6-8-12-19(17)26)22(30)14-15-29-24(32)18-11-7-9-13-21(18)35(29,33)34/h6-13,20H,5,14-16H2,1-4H3,(H,27,31)/t20-/m0/s1. The lowest BCUT2D eigenvalue weighted by atomic mass is 10.1. The number of hydrogen-bond acceptors (Lipinski definition) is 5. The number of sulfonamides is 1. The van der Waals surface area contributed by atoms with Gasteiger partial charge in [0.05, 0.1) is 5.56 Å². The van der Waals surface area contributed by atoms with Gasteiger partial charge in [0.15, 0.2) is 0 Å². The summed E-state index contributed by atoms with van der Waals surface area (Å²) in [5.41, 5.74) is 0.233. The smallest absolute Gasteiger partial charge is 0.269 e. The first-order valence-corrected chi connectivity index (χ1v) is 13.2. The Bertz CT molecular complexity index is 1240. The Hall–Kier alpha value is -2.91. The minimum Gasteiger partial charge on any atom is -0.350 e. The van der Waals surface area contributed by atoms with Crippen molar-refractivity contribution >= 4 is 39.3 Å². The molecule has 0 spiro atoms. The molecule has 0 saturated heterocycles. The number of hydrogen-bond donors (Lipinski definition) is 1. The van der Waals surface area contributed by atoms with Gasteiger partial charge in [-0.05, 0) is 51.0 Å². The molecule has 0 saturated carbocycles. The predicted molar refractivity (Wildman–Crippen MR) is 133 cm³/mol. The van der Waals surface area contributed by atoms with Gasteiger partial charge < -0.3 is 10.2 Å². The highest BCUT2D eigenvalue weighted by Gasteiger charge is 2.41. The van der Waals surface area contributed by atoms with Crippen molar-refractivity contribution in [1.82, 2.24) is 14.5 Å². The Morgan fingerprint density at radius 3 is 2.31 bits per heavy atom. The van der Waals surface area contributed by atoms with Gasteiger partial charge in [-0.15, -0.1) is 0 Å². The average Bonchev–Trinajstić information content (AvgIpc) is 2.97. The van der Waals surface area contributed by atoms with Gasteiger partial charge in [0.25, 0.3) is 15.9 Å². The van der Waals surface area contributed by atoms with Gasteiger partial charge in [0.1, 0.15) is 10.9 Å². The predicted octanol–water partition coefficient (Wildman–Crippen LogP) is 3.60. The van der Waals surface area contributed by atoms with Gasteiger partial charge in [-0.25, -0.2) is 12.7 Å². The number of nitrogens with one attached hydrogen (secondary N) is 1. The third-order valence-corrected chi connectivity index (χ3v) is 7.83. The summed E-state index contributed by atoms with van der Waals surface area (Å²) in [7, 11) is -4.04. The Balaban J connectivity index is 1.86. The summed E-state index contributed by atoms with van der Waals surface area (Å²) in [4.78, 5) is 40.6. The second-order valence-corrected chi connectivity index (χ2v) is 11.6. The van der Waals surface area contributed by atoms with Crippen LogP contribution in [0.5, 0.6) is 0 Å². The first kappa shape index (κ1) is 26.7. The zero-order chi connectivity index (χ0) is 26.0. The molecule has 0 unspecified atom stereocenters. The lowest BCUT2D eigenvalue weighted by Crippen LogP contribution is -2.53. The maximum absolute atomic E-state index is 13.4. The molecule has 2 aromatic carbocycles. The summed E-state index contributed by atoms with van der Waals surface area (Å²) in [5.74, 6) is -1.44. The molecule has 1 N–H and O–H groups in total. The molecule has 1 heterocycles. The summed E-state index contributed by atoms with van der Waals surface area (Å²) < 4.78 is 26.5. The molecular formula is C25H30ClN3O5S. The van der Waals surface area contributed by atoms with E-state index in [-0.39, 0.29) is 35.9 Å². The molecule has 0 fully saturated rings. The number of fused-ring (bicyclic) bond motifs is 1. The van der Waals surface area contributed by atoms with E-state index in [0.717, 1.165) is 4.31 Å². The second kappa shape index (κ2) is 10.4. The van der Waals surface area contributed by atoms with Gasteiger partial charge in [-0.3, -0.25) is 14.4 Å². The maximum atomic E-state index is 13.4. The van der Waals surface area contributed by atoms with E-state index < -0.39 is 33.4 Å². The topological polar surface area (TPSA) is 104 Å². The van der Waals surface area contributed by atoms with Crippen LogP contribution >= 0.6 is 11.6 Å². The van der Waals surface area contributed by atoms with Crippen LogP contribution in [0.2, 0.25) is 5.02 Å². The lowest BCUT2D eigenvalue weighted by molar-refractivity contribution is -0.142. The van der Waals surface area contributed by atoms with Crippen molar-refractivity contribution in [2.24, 2.45) is 0 Å². The van der Waals surface area contributed by atoms with E-state index in [1.807, 2.05) is 20.8 Å². The SMILES string of the molecule is CC[C@@H](C(=O)NC(C)(C)C)N(Cc1ccccc1Cl)C(=O)CCN1C(=O)c2ccccc2S1(=O)=O. The highest BCUT2D eigenvalue weighted by Crippen LogP contribution is 2.30. The molecule has 10 heteroatoms. The minimum atomic E-state index is -4.04. The zero-order valence-electron chi connectivity index (χ0n) is 20.2. The number of rotatable bonds is 8. The Labute approximate surface area is 211 Å². The quantitative estimate of drug-likeness (QED) is 0.574. The van der Waals surface area contributed by atoms with Crippen LogP contribution in [0.25, 0.3) is 0 Å². The third kappa shape index (κ3) is 5.85. The van der Waals surface area contributed by atoms with Crippen LogP contribution in [0.4, 0.5) is 0 Å². The van der Waals surface area contributed by atoms with Crippen LogP contribution in [-0.2, 0) is 26.2 Å². The van der Waals surface area contributed by atoms with Crippen molar-refractivity contribution in [1.29, 1.82) is 0 Å². The maximum Gasteiger partial charge on any atom is 0.269 e. The molecule has 8 nitrogen and oxygen atoms in total. The monoisotopic (exact) mass is 519 g/mol. The summed E-state index contributed by atoms with van der Waals surface area (Å²) in [6.07, 6.45) is 0.0627. The van der Waals surface area contributed by atoms with Gasteiger partial charge in [-0.1, -0.05) is 48.9 Å². The molecule has 35 heavy (non-hydrogen) atoms. The number of amides is 3. The second-order valence-electron chi connectivity index (χ2n) is 9.40. The fourth-order valence-corrected chi connectivity index (χ4v) is 5.74. The van der Waals surface area contributed by atoms with Crippen LogP contribution in [0.1, 0.15) is 56.5 Å². The molecule has 0 radical (unpaired) electrons. The molecule has 0 bridgehead atoms. The minimum absolute atomic E-state index is 0.0650. The average molecular weight is 520 g/mol. The summed E-state index contributed by atoms with van der Waals surface area (Å²) in [6.45, 7) is 7.07. The van der Waals surface area contributed by atoms with E-state index in [2.05, 4.69) is 5.32 Å². The number of carbonyl (C=O) groups excluding carboxylic acids is 3. The lowest BCUT2D eigenvalue weighted by Gasteiger charge is -2.33. The van der Waals surface area contributed by atoms with Gasteiger partial charge in [0.2, 0.25) is 11.8 Å². The van der Waals surface area contributed by atoms with E-state index in [9.17, 15) is 22.8 Å². The largest absolute Gasteiger partial charge is 0.350 e. The van der Waals surface area contributed by atoms with Gasteiger partial charge in [0, 0.05) is 30.1 Å². The van der Waals surface area contributed by atoms with E-state index in [1.165, 1.54) is 17.0 Å². The number of carbonyl (C=O) groups is 3. The molecule has 3 amide bonds. The van der Waals surface area contributed by atoms with E-state index in [0.29, 0.717) is 17.0 Å². The first-order valence-electron chi connectivity index (χ1n) is 11.4. The normalized spacial score (nSPS) is 15.5. The summed E-state index contributed by atoms with van der Waals surface area (Å²) in [6, 6.07) is 12.2. The molecule has 0 aliphatic carbocycles. The highest BCUT2D eigenvalue weighted by molar-refractivity contribution is 7.90. The number of nitrogens with zero attached hydrogens (tertiary/aromatic N) is 2. The van der Waals surface area contributed by atoms with E-state index in [1.54, 1.807) is 43.3 Å². The van der Waals surface area contributed by atoms with Crippen molar-refractivity contribution in [3.63, 3.8) is 0 Å². The first-order chi connectivity index (χ1) is 16.4. The van der Waals surface area contributed by atoms with Gasteiger partial charge >= 0.3 is 0 Å². The van der Waals surface area contributed by atoms with Crippen LogP contribution in [0, 0.1) is 0 Å². The van der Waals surface area contributed by atoms with E-state index in [4.69, 9.17) is 11.6 Å². The number of benzene rings is 2. The number of halogens is 1. The highest BCUT2D eigenvalue weighted by atomic mass is 35.5. The summed E-state index contributed by atoms with van der Waals surface area (Å²) >= 11 is 6.32. The van der Waals surface area contributed by atoms with E-state index >= 15 is 0 Å². The molecule has 3 rings (SSSR count). The van der Waals surface area contributed by atoms with Crippen LogP contribution in [-0.4, -0.2) is 53.5 Å². The zero-order valence-corrected chi connectivity index (χ0v) is 21.8. The Morgan fingerprint density at radius 2 is 1.71 bits per heavy atom. The Kier molecular flexibility index (Phi) is 7.91. The Morgan fingerprint density at radius 1 is 1.09 bits per heavy atom. The van der Waals surface area contributed by atoms with Gasteiger partial charge in [-0.2, -0.15) is 0 Å². The van der Waals surface area contributed by atoms with Crippen molar-refractivity contribution in [2.45, 2.75) is 63.6 Å². The molecule has 1 aliphatic heterocycles. The molecular weight excluding hydrogens is 490 g/mol. The molecule has 2 aromatic rings. The van der Waals surface area contributed by atoms with Crippen molar-refractivity contribution in [2.75, 3.05) is 6.54 Å². The third-order valence-electron chi connectivity index (χ3n) is 5.62.